The highest BCUT2D eigenvalue weighted by molar-refractivity contribution is 5.93. The summed E-state index contributed by atoms with van der Waals surface area (Å²) in [6, 6.07) is 11.7. The largest absolute Gasteiger partial charge is 0.351 e. The van der Waals surface area contributed by atoms with Crippen LogP contribution in [0.25, 0.3) is 11.3 Å². The Hall–Kier alpha value is -2.89. The van der Waals surface area contributed by atoms with E-state index in [1.165, 1.54) is 0 Å². The minimum atomic E-state index is -0.104. The van der Waals surface area contributed by atoms with Crippen LogP contribution < -0.4 is 5.32 Å². The van der Waals surface area contributed by atoms with Crippen LogP contribution in [0.4, 0.5) is 0 Å². The highest BCUT2D eigenvalue weighted by Crippen LogP contribution is 2.18. The van der Waals surface area contributed by atoms with Crippen LogP contribution in [-0.4, -0.2) is 31.8 Å². The molecule has 0 saturated carbocycles. The van der Waals surface area contributed by atoms with Crippen molar-refractivity contribution in [2.45, 2.75) is 13.0 Å². The van der Waals surface area contributed by atoms with Crippen molar-refractivity contribution < 1.29 is 4.79 Å². The normalized spacial score (nSPS) is 10.7. The molecule has 0 aliphatic heterocycles. The molecular formula is C17H19N5O. The zero-order valence-corrected chi connectivity index (χ0v) is 13.0. The van der Waals surface area contributed by atoms with Gasteiger partial charge in [-0.15, -0.1) is 0 Å². The minimum absolute atomic E-state index is 0.104. The van der Waals surface area contributed by atoms with Gasteiger partial charge < -0.3 is 9.88 Å². The molecule has 0 bridgehead atoms. The molecule has 3 rings (SSSR count). The van der Waals surface area contributed by atoms with Crippen molar-refractivity contribution in [1.29, 1.82) is 0 Å². The Labute approximate surface area is 134 Å². The van der Waals surface area contributed by atoms with Gasteiger partial charge in [0.15, 0.2) is 0 Å². The molecule has 1 aromatic carbocycles. The number of aromatic nitrogens is 4. The Morgan fingerprint density at radius 1 is 1.26 bits per heavy atom. The number of nitrogens with zero attached hydrogens (tertiary/aromatic N) is 4. The molecule has 0 radical (unpaired) electrons. The number of imidazole rings is 1. The van der Waals surface area contributed by atoms with Crippen LogP contribution in [0.15, 0.2) is 55.1 Å². The summed E-state index contributed by atoms with van der Waals surface area (Å²) >= 11 is 0. The molecule has 1 amide bonds. The van der Waals surface area contributed by atoms with E-state index in [0.717, 1.165) is 24.2 Å². The van der Waals surface area contributed by atoms with E-state index >= 15 is 0 Å². The molecule has 6 nitrogen and oxygen atoms in total. The number of benzene rings is 1. The molecule has 23 heavy (non-hydrogen) atoms. The summed E-state index contributed by atoms with van der Waals surface area (Å²) in [5.74, 6) is -0.104. The third-order valence-corrected chi connectivity index (χ3v) is 3.62. The molecule has 0 fully saturated rings. The van der Waals surface area contributed by atoms with Crippen LogP contribution in [0.3, 0.4) is 0 Å². The number of carbonyl (C=O) groups is 1. The first-order chi connectivity index (χ1) is 11.2. The zero-order chi connectivity index (χ0) is 16.1. The van der Waals surface area contributed by atoms with Gasteiger partial charge in [-0.25, -0.2) is 4.98 Å². The second-order valence-electron chi connectivity index (χ2n) is 5.31. The molecule has 6 heteroatoms. The zero-order valence-electron chi connectivity index (χ0n) is 13.0. The highest BCUT2D eigenvalue weighted by Gasteiger charge is 2.13. The third kappa shape index (κ3) is 3.66. The summed E-state index contributed by atoms with van der Waals surface area (Å²) in [6.45, 7) is 1.45. The van der Waals surface area contributed by atoms with Crippen LogP contribution in [-0.2, 0) is 13.6 Å². The number of hydrogen-bond acceptors (Lipinski definition) is 3. The average molecular weight is 309 g/mol. The van der Waals surface area contributed by atoms with Crippen molar-refractivity contribution >= 4 is 5.91 Å². The van der Waals surface area contributed by atoms with Crippen LogP contribution >= 0.6 is 0 Å². The van der Waals surface area contributed by atoms with Gasteiger partial charge in [-0.05, 0) is 12.5 Å². The quantitative estimate of drug-likeness (QED) is 0.709. The summed E-state index contributed by atoms with van der Waals surface area (Å²) in [6.07, 6.45) is 6.29. The first-order valence-corrected chi connectivity index (χ1v) is 7.57. The van der Waals surface area contributed by atoms with Crippen molar-refractivity contribution in [3.63, 3.8) is 0 Å². The fraction of sp³-hybridized carbons (Fsp3) is 0.235. The van der Waals surface area contributed by atoms with Crippen LogP contribution in [0, 0.1) is 0 Å². The molecule has 0 saturated heterocycles. The number of carbonyl (C=O) groups excluding carboxylic acids is 1. The van der Waals surface area contributed by atoms with Gasteiger partial charge in [-0.2, -0.15) is 5.10 Å². The summed E-state index contributed by atoms with van der Waals surface area (Å²) in [4.78, 5) is 16.3. The summed E-state index contributed by atoms with van der Waals surface area (Å²) < 4.78 is 3.61. The molecule has 0 spiro atoms. The minimum Gasteiger partial charge on any atom is -0.351 e. The predicted molar refractivity (Wildman–Crippen MR) is 87.8 cm³/mol. The Balaban J connectivity index is 1.58. The number of hydrogen-bond donors (Lipinski definition) is 1. The lowest BCUT2D eigenvalue weighted by atomic mass is 10.1. The van der Waals surface area contributed by atoms with Gasteiger partial charge in [-0.3, -0.25) is 9.48 Å². The Kier molecular flexibility index (Phi) is 4.52. The number of amides is 1. The molecule has 2 heterocycles. The second kappa shape index (κ2) is 6.91. The lowest BCUT2D eigenvalue weighted by molar-refractivity contribution is 0.0943. The van der Waals surface area contributed by atoms with Gasteiger partial charge in [0.25, 0.3) is 5.91 Å². The molecule has 0 aliphatic carbocycles. The van der Waals surface area contributed by atoms with Gasteiger partial charge in [-0.1, -0.05) is 30.3 Å². The van der Waals surface area contributed by atoms with E-state index < -0.39 is 0 Å². The molecular weight excluding hydrogens is 290 g/mol. The Bertz CT molecular complexity index is 762. The summed E-state index contributed by atoms with van der Waals surface area (Å²) in [5, 5.41) is 7.35. The monoisotopic (exact) mass is 309 g/mol. The predicted octanol–water partition coefficient (Wildman–Crippen LogP) is 2.10. The van der Waals surface area contributed by atoms with E-state index in [0.29, 0.717) is 12.2 Å². The first kappa shape index (κ1) is 15.0. The SMILES string of the molecule is Cn1nc(-c2ccccc2)cc1C(=O)NCCCn1ccnc1. The van der Waals surface area contributed by atoms with Crippen LogP contribution in [0.2, 0.25) is 0 Å². The van der Waals surface area contributed by atoms with E-state index in [4.69, 9.17) is 0 Å². The standard InChI is InChI=1S/C17H19N5O/c1-21-16(12-15(20-21)14-6-3-2-4-7-14)17(23)19-8-5-10-22-11-9-18-13-22/h2-4,6-7,9,11-13H,5,8,10H2,1H3,(H,19,23). The van der Waals surface area contributed by atoms with Crippen molar-refractivity contribution in [3.8, 4) is 11.3 Å². The van der Waals surface area contributed by atoms with Gasteiger partial charge >= 0.3 is 0 Å². The third-order valence-electron chi connectivity index (χ3n) is 3.62. The fourth-order valence-corrected chi connectivity index (χ4v) is 2.40. The van der Waals surface area contributed by atoms with Crippen molar-refractivity contribution in [3.05, 3.63) is 60.8 Å². The number of nitrogens with one attached hydrogen (secondary N) is 1. The number of rotatable bonds is 6. The Morgan fingerprint density at radius 3 is 2.83 bits per heavy atom. The van der Waals surface area contributed by atoms with Gasteiger partial charge in [0, 0.05) is 38.1 Å². The van der Waals surface area contributed by atoms with Gasteiger partial charge in [0.05, 0.1) is 12.0 Å². The molecule has 3 aromatic rings. The molecule has 118 valence electrons. The van der Waals surface area contributed by atoms with Crippen molar-refractivity contribution in [2.24, 2.45) is 7.05 Å². The van der Waals surface area contributed by atoms with E-state index in [1.807, 2.05) is 47.2 Å². The maximum absolute atomic E-state index is 12.3. The maximum atomic E-state index is 12.3. The Morgan fingerprint density at radius 2 is 2.09 bits per heavy atom. The van der Waals surface area contributed by atoms with Gasteiger partial charge in [0.1, 0.15) is 5.69 Å². The summed E-state index contributed by atoms with van der Waals surface area (Å²) in [5.41, 5.74) is 2.37. The molecule has 1 N–H and O–H groups in total. The molecule has 0 unspecified atom stereocenters. The molecule has 0 aliphatic rings. The van der Waals surface area contributed by atoms with Crippen LogP contribution in [0.5, 0.6) is 0 Å². The smallest absolute Gasteiger partial charge is 0.269 e. The van der Waals surface area contributed by atoms with Crippen LogP contribution in [0.1, 0.15) is 16.9 Å². The van der Waals surface area contributed by atoms with E-state index in [9.17, 15) is 4.79 Å². The van der Waals surface area contributed by atoms with Crippen molar-refractivity contribution in [1.82, 2.24) is 24.6 Å². The lowest BCUT2D eigenvalue weighted by Crippen LogP contribution is -2.27. The van der Waals surface area contributed by atoms with Crippen molar-refractivity contribution in [2.75, 3.05) is 6.54 Å². The topological polar surface area (TPSA) is 64.7 Å². The maximum Gasteiger partial charge on any atom is 0.269 e. The van der Waals surface area contributed by atoms with E-state index in [1.54, 1.807) is 24.3 Å². The highest BCUT2D eigenvalue weighted by atomic mass is 16.2. The first-order valence-electron chi connectivity index (χ1n) is 7.57. The second-order valence-corrected chi connectivity index (χ2v) is 5.31. The average Bonchev–Trinajstić information content (AvgIpc) is 3.22. The fourth-order valence-electron chi connectivity index (χ4n) is 2.40. The molecule has 2 aromatic heterocycles. The summed E-state index contributed by atoms with van der Waals surface area (Å²) in [7, 11) is 1.78. The van der Waals surface area contributed by atoms with E-state index in [2.05, 4.69) is 15.4 Å². The van der Waals surface area contributed by atoms with E-state index in [-0.39, 0.29) is 5.91 Å². The lowest BCUT2D eigenvalue weighted by Gasteiger charge is -2.05. The van der Waals surface area contributed by atoms with Gasteiger partial charge in [0.2, 0.25) is 0 Å². The molecule has 0 atom stereocenters. The number of aryl methyl sites for hydroxylation is 2.